The van der Waals surface area contributed by atoms with Crippen molar-refractivity contribution in [1.82, 2.24) is 9.03 Å². The van der Waals surface area contributed by atoms with E-state index < -0.39 is 16.6 Å². The van der Waals surface area contributed by atoms with Gasteiger partial charge in [0, 0.05) is 18.5 Å². The second kappa shape index (κ2) is 4.89. The van der Waals surface area contributed by atoms with E-state index in [9.17, 15) is 9.00 Å². The molecule has 1 amide bonds. The number of nitrogens with one attached hydrogen (secondary N) is 1. The molecule has 0 saturated carbocycles. The van der Waals surface area contributed by atoms with E-state index in [1.54, 1.807) is 32.1 Å². The van der Waals surface area contributed by atoms with Gasteiger partial charge in [-0.05, 0) is 13.8 Å². The van der Waals surface area contributed by atoms with Gasteiger partial charge in [0.2, 0.25) is 5.91 Å². The van der Waals surface area contributed by atoms with Crippen molar-refractivity contribution < 1.29 is 9.00 Å². The van der Waals surface area contributed by atoms with E-state index >= 15 is 0 Å². The molecule has 0 aromatic carbocycles. The fourth-order valence-corrected chi connectivity index (χ4v) is 1.49. The first-order valence-electron chi connectivity index (χ1n) is 4.62. The number of nitrogens with zero attached hydrogens (tertiary/aromatic N) is 1. The highest BCUT2D eigenvalue weighted by Crippen LogP contribution is 2.13. The summed E-state index contributed by atoms with van der Waals surface area (Å²) in [6.45, 7) is 9.20. The second-order valence-electron chi connectivity index (χ2n) is 4.57. The number of rotatable bonds is 3. The fraction of sp³-hybridized carbons (Fsp3) is 0.889. The third-order valence-corrected chi connectivity index (χ3v) is 3.15. The summed E-state index contributed by atoms with van der Waals surface area (Å²) >= 11 is -1.44. The lowest BCUT2D eigenvalue weighted by atomic mass is 9.96. The average molecular weight is 220 g/mol. The highest BCUT2D eigenvalue weighted by atomic mass is 32.2. The van der Waals surface area contributed by atoms with Crippen LogP contribution in [0.5, 0.6) is 0 Å². The Bertz CT molecular complexity index is 233. The number of carbonyl (C=O) groups is 1. The Balaban J connectivity index is 4.28. The second-order valence-corrected chi connectivity index (χ2v) is 5.85. The molecule has 1 atom stereocenters. The molecule has 0 rings (SSSR count). The first-order valence-corrected chi connectivity index (χ1v) is 5.72. The Morgan fingerprint density at radius 3 is 2.07 bits per heavy atom. The maximum absolute atomic E-state index is 11.5. The molecule has 0 heterocycles. The van der Waals surface area contributed by atoms with Crippen LogP contribution in [-0.4, -0.2) is 27.5 Å². The monoisotopic (exact) mass is 220 g/mol. The SMILES string of the molecule is CC(C)N(C)S(=O)NC(=O)C(C)(C)C. The Morgan fingerprint density at radius 1 is 1.36 bits per heavy atom. The summed E-state index contributed by atoms with van der Waals surface area (Å²) in [4.78, 5) is 11.5. The van der Waals surface area contributed by atoms with Crippen LogP contribution in [0.25, 0.3) is 0 Å². The predicted molar refractivity (Wildman–Crippen MR) is 58.6 cm³/mol. The molecular formula is C9H20N2O2S. The summed E-state index contributed by atoms with van der Waals surface area (Å²) in [6, 6.07) is 0.135. The van der Waals surface area contributed by atoms with Crippen molar-refractivity contribution in [3.63, 3.8) is 0 Å². The lowest BCUT2D eigenvalue weighted by molar-refractivity contribution is -0.126. The number of carbonyl (C=O) groups excluding carboxylic acids is 1. The van der Waals surface area contributed by atoms with Crippen LogP contribution in [0, 0.1) is 5.41 Å². The molecule has 0 aliphatic heterocycles. The standard InChI is InChI=1S/C9H20N2O2S/c1-7(2)11(6)14(13)10-8(12)9(3,4)5/h7H,1-6H3,(H,10,12). The van der Waals surface area contributed by atoms with Crippen molar-refractivity contribution in [2.24, 2.45) is 5.41 Å². The van der Waals surface area contributed by atoms with Crippen LogP contribution >= 0.6 is 0 Å². The third kappa shape index (κ3) is 4.19. The lowest BCUT2D eigenvalue weighted by Crippen LogP contribution is -2.43. The minimum Gasteiger partial charge on any atom is -0.273 e. The molecule has 0 radical (unpaired) electrons. The maximum Gasteiger partial charge on any atom is 0.238 e. The van der Waals surface area contributed by atoms with Crippen LogP contribution in [0.2, 0.25) is 0 Å². The van der Waals surface area contributed by atoms with Crippen LogP contribution in [0.3, 0.4) is 0 Å². The molecule has 0 saturated heterocycles. The van der Waals surface area contributed by atoms with Gasteiger partial charge in [-0.3, -0.25) is 9.52 Å². The largest absolute Gasteiger partial charge is 0.273 e. The van der Waals surface area contributed by atoms with Crippen molar-refractivity contribution in [3.8, 4) is 0 Å². The van der Waals surface area contributed by atoms with Gasteiger partial charge >= 0.3 is 0 Å². The van der Waals surface area contributed by atoms with Crippen LogP contribution in [0.4, 0.5) is 0 Å². The van der Waals surface area contributed by atoms with Crippen molar-refractivity contribution in [2.45, 2.75) is 40.7 Å². The van der Waals surface area contributed by atoms with E-state index in [1.165, 1.54) is 0 Å². The highest BCUT2D eigenvalue weighted by Gasteiger charge is 2.24. The Labute approximate surface area is 88.8 Å². The molecular weight excluding hydrogens is 200 g/mol. The minimum absolute atomic E-state index is 0.135. The van der Waals surface area contributed by atoms with E-state index in [0.29, 0.717) is 0 Å². The molecule has 14 heavy (non-hydrogen) atoms. The molecule has 1 unspecified atom stereocenters. The van der Waals surface area contributed by atoms with Gasteiger partial charge in [0.25, 0.3) is 0 Å². The van der Waals surface area contributed by atoms with Gasteiger partial charge in [0.05, 0.1) is 0 Å². The molecule has 0 aromatic rings. The van der Waals surface area contributed by atoms with Gasteiger partial charge in [-0.15, -0.1) is 0 Å². The van der Waals surface area contributed by atoms with Gasteiger partial charge in [0.1, 0.15) is 0 Å². The molecule has 4 nitrogen and oxygen atoms in total. The fourth-order valence-electron chi connectivity index (χ4n) is 0.496. The van der Waals surface area contributed by atoms with Gasteiger partial charge in [-0.2, -0.15) is 0 Å². The van der Waals surface area contributed by atoms with Crippen LogP contribution in [0.15, 0.2) is 0 Å². The zero-order valence-electron chi connectivity index (χ0n) is 9.75. The Hall–Kier alpha value is -0.420. The Kier molecular flexibility index (Phi) is 4.74. The average Bonchev–Trinajstić information content (AvgIpc) is 2.00. The minimum atomic E-state index is -1.44. The summed E-state index contributed by atoms with van der Waals surface area (Å²) < 4.78 is 15.6. The number of hydrogen-bond acceptors (Lipinski definition) is 2. The molecule has 0 spiro atoms. The maximum atomic E-state index is 11.5. The number of hydrogen-bond donors (Lipinski definition) is 1. The normalized spacial score (nSPS) is 14.6. The molecule has 84 valence electrons. The summed E-state index contributed by atoms with van der Waals surface area (Å²) in [7, 11) is 1.71. The highest BCUT2D eigenvalue weighted by molar-refractivity contribution is 7.81. The quantitative estimate of drug-likeness (QED) is 0.773. The zero-order valence-corrected chi connectivity index (χ0v) is 10.6. The molecule has 0 fully saturated rings. The van der Waals surface area contributed by atoms with Crippen LogP contribution < -0.4 is 4.72 Å². The van der Waals surface area contributed by atoms with Crippen LogP contribution in [-0.2, 0) is 16.0 Å². The lowest BCUT2D eigenvalue weighted by Gasteiger charge is -2.23. The van der Waals surface area contributed by atoms with E-state index in [1.807, 2.05) is 13.8 Å². The number of amides is 1. The first-order chi connectivity index (χ1) is 6.16. The molecule has 0 aliphatic rings. The topological polar surface area (TPSA) is 49.4 Å². The summed E-state index contributed by atoms with van der Waals surface area (Å²) in [5, 5.41) is 0. The van der Waals surface area contributed by atoms with Crippen molar-refractivity contribution in [1.29, 1.82) is 0 Å². The molecule has 5 heteroatoms. The van der Waals surface area contributed by atoms with Gasteiger partial charge < -0.3 is 0 Å². The zero-order chi connectivity index (χ0) is 11.5. The van der Waals surface area contributed by atoms with Crippen molar-refractivity contribution >= 4 is 17.1 Å². The van der Waals surface area contributed by atoms with Gasteiger partial charge in [-0.1, -0.05) is 20.8 Å². The molecule has 0 bridgehead atoms. The van der Waals surface area contributed by atoms with Crippen molar-refractivity contribution in [2.75, 3.05) is 7.05 Å². The van der Waals surface area contributed by atoms with Gasteiger partial charge in [0.15, 0.2) is 11.2 Å². The first kappa shape index (κ1) is 13.6. The van der Waals surface area contributed by atoms with E-state index in [4.69, 9.17) is 0 Å². The Morgan fingerprint density at radius 2 is 1.79 bits per heavy atom. The van der Waals surface area contributed by atoms with Crippen molar-refractivity contribution in [3.05, 3.63) is 0 Å². The van der Waals surface area contributed by atoms with Gasteiger partial charge in [-0.25, -0.2) is 8.51 Å². The smallest absolute Gasteiger partial charge is 0.238 e. The molecule has 0 aliphatic carbocycles. The van der Waals surface area contributed by atoms with E-state index in [0.717, 1.165) is 0 Å². The predicted octanol–water partition coefficient (Wildman–Crippen LogP) is 1.07. The van der Waals surface area contributed by atoms with E-state index in [2.05, 4.69) is 4.72 Å². The molecule has 0 aromatic heterocycles. The van der Waals surface area contributed by atoms with E-state index in [-0.39, 0.29) is 11.9 Å². The molecule has 1 N–H and O–H groups in total. The summed E-state index contributed by atoms with van der Waals surface area (Å²) in [5.41, 5.74) is -0.506. The summed E-state index contributed by atoms with van der Waals surface area (Å²) in [5.74, 6) is -0.205. The summed E-state index contributed by atoms with van der Waals surface area (Å²) in [6.07, 6.45) is 0. The third-order valence-electron chi connectivity index (χ3n) is 1.85. The van der Waals surface area contributed by atoms with Crippen LogP contribution in [0.1, 0.15) is 34.6 Å².